The molecule has 0 fully saturated rings. The zero-order chi connectivity index (χ0) is 8.10. The van der Waals surface area contributed by atoms with Crippen LogP contribution in [0.4, 0.5) is 4.39 Å². The molecule has 0 spiro atoms. The van der Waals surface area contributed by atoms with Crippen LogP contribution >= 0.6 is 0 Å². The van der Waals surface area contributed by atoms with E-state index in [-0.39, 0.29) is 0 Å². The molecule has 0 radical (unpaired) electrons. The van der Waals surface area contributed by atoms with Crippen molar-refractivity contribution in [2.75, 3.05) is 6.61 Å². The fraction of sp³-hybridized carbons (Fsp3) is 0.333. The third-order valence-electron chi connectivity index (χ3n) is 1.50. The molecule has 0 aromatic heterocycles. The zero-order valence-electron chi connectivity index (χ0n) is 6.20. The molecule has 0 aliphatic heterocycles. The second-order valence-electron chi connectivity index (χ2n) is 2.47. The number of hydrogen-bond acceptors (Lipinski definition) is 1. The van der Waals surface area contributed by atoms with Gasteiger partial charge in [0, 0.05) is 6.42 Å². The molecular weight excluding hydrogens is 143 g/mol. The van der Waals surface area contributed by atoms with Crippen molar-refractivity contribution in [3.8, 4) is 0 Å². The average Bonchev–Trinajstić information content (AvgIpc) is 2.06. The smallest absolute Gasteiger partial charge is 0.127 e. The summed E-state index contributed by atoms with van der Waals surface area (Å²) in [6, 6.07) is 9.30. The Kier molecular flexibility index (Phi) is 3.05. The Balaban J connectivity index is 2.51. The highest BCUT2D eigenvalue weighted by Crippen LogP contribution is 2.04. The summed E-state index contributed by atoms with van der Waals surface area (Å²) in [5, 5.41) is 8.42. The van der Waals surface area contributed by atoms with Crippen molar-refractivity contribution >= 4 is 0 Å². The van der Waals surface area contributed by atoms with Crippen LogP contribution in [-0.2, 0) is 6.42 Å². The van der Waals surface area contributed by atoms with E-state index in [9.17, 15) is 4.39 Å². The van der Waals surface area contributed by atoms with Crippen LogP contribution in [0.1, 0.15) is 5.56 Å². The number of hydrogen-bond donors (Lipinski definition) is 1. The molecule has 1 aromatic rings. The Morgan fingerprint density at radius 2 is 1.91 bits per heavy atom. The number of aliphatic hydroxyl groups is 1. The molecule has 1 N–H and O–H groups in total. The SMILES string of the molecule is OC[C@H](F)Cc1ccccc1. The maximum atomic E-state index is 12.6. The lowest BCUT2D eigenvalue weighted by Gasteiger charge is -2.02. The van der Waals surface area contributed by atoms with Gasteiger partial charge in [-0.05, 0) is 5.56 Å². The summed E-state index contributed by atoms with van der Waals surface area (Å²) in [5.41, 5.74) is 0.925. The lowest BCUT2D eigenvalue weighted by Crippen LogP contribution is -2.09. The van der Waals surface area contributed by atoms with Crippen molar-refractivity contribution in [3.63, 3.8) is 0 Å². The molecule has 60 valence electrons. The van der Waals surface area contributed by atoms with Gasteiger partial charge in [0.2, 0.25) is 0 Å². The quantitative estimate of drug-likeness (QED) is 0.700. The van der Waals surface area contributed by atoms with Crippen LogP contribution in [0.15, 0.2) is 30.3 Å². The van der Waals surface area contributed by atoms with Gasteiger partial charge in [0.05, 0.1) is 6.61 Å². The summed E-state index contributed by atoms with van der Waals surface area (Å²) in [6.45, 7) is -0.394. The summed E-state index contributed by atoms with van der Waals surface area (Å²) >= 11 is 0. The van der Waals surface area contributed by atoms with Gasteiger partial charge >= 0.3 is 0 Å². The van der Waals surface area contributed by atoms with Gasteiger partial charge in [-0.3, -0.25) is 0 Å². The van der Waals surface area contributed by atoms with Gasteiger partial charge in [0.1, 0.15) is 6.17 Å². The predicted octanol–water partition coefficient (Wildman–Crippen LogP) is 1.56. The number of alkyl halides is 1. The highest BCUT2D eigenvalue weighted by Gasteiger charge is 2.03. The van der Waals surface area contributed by atoms with Crippen molar-refractivity contribution in [1.82, 2.24) is 0 Å². The minimum atomic E-state index is -1.13. The van der Waals surface area contributed by atoms with E-state index >= 15 is 0 Å². The molecule has 0 heterocycles. The molecule has 0 unspecified atom stereocenters. The average molecular weight is 154 g/mol. The summed E-state index contributed by atoms with van der Waals surface area (Å²) in [5.74, 6) is 0. The Morgan fingerprint density at radius 3 is 2.45 bits per heavy atom. The molecule has 11 heavy (non-hydrogen) atoms. The molecule has 0 aliphatic rings. The van der Waals surface area contributed by atoms with Gasteiger partial charge in [-0.1, -0.05) is 30.3 Å². The van der Waals surface area contributed by atoms with Gasteiger partial charge in [0.25, 0.3) is 0 Å². The molecule has 2 heteroatoms. The molecule has 0 aliphatic carbocycles. The Bertz CT molecular complexity index is 198. The highest BCUT2D eigenvalue weighted by molar-refractivity contribution is 5.15. The van der Waals surface area contributed by atoms with E-state index in [0.29, 0.717) is 6.42 Å². The van der Waals surface area contributed by atoms with Crippen LogP contribution in [0.5, 0.6) is 0 Å². The largest absolute Gasteiger partial charge is 0.393 e. The van der Waals surface area contributed by atoms with Crippen LogP contribution < -0.4 is 0 Å². The van der Waals surface area contributed by atoms with E-state index in [2.05, 4.69) is 0 Å². The number of benzene rings is 1. The van der Waals surface area contributed by atoms with Gasteiger partial charge in [0.15, 0.2) is 0 Å². The first kappa shape index (κ1) is 8.21. The van der Waals surface area contributed by atoms with Gasteiger partial charge in [-0.2, -0.15) is 0 Å². The fourth-order valence-electron chi connectivity index (χ4n) is 0.934. The standard InChI is InChI=1S/C9H11FO/c10-9(7-11)6-8-4-2-1-3-5-8/h1-5,9,11H,6-7H2/t9-/m1/s1. The van der Waals surface area contributed by atoms with E-state index in [1.807, 2.05) is 30.3 Å². The first-order valence-electron chi connectivity index (χ1n) is 3.62. The van der Waals surface area contributed by atoms with Crippen LogP contribution in [-0.4, -0.2) is 17.9 Å². The number of aliphatic hydroxyl groups excluding tert-OH is 1. The maximum absolute atomic E-state index is 12.6. The summed E-state index contributed by atoms with van der Waals surface area (Å²) in [4.78, 5) is 0. The van der Waals surface area contributed by atoms with Crippen LogP contribution in [0.2, 0.25) is 0 Å². The second kappa shape index (κ2) is 4.09. The highest BCUT2D eigenvalue weighted by atomic mass is 19.1. The minimum absolute atomic E-state index is 0.303. The Hall–Kier alpha value is -0.890. The lowest BCUT2D eigenvalue weighted by atomic mass is 10.1. The first-order chi connectivity index (χ1) is 5.33. The lowest BCUT2D eigenvalue weighted by molar-refractivity contribution is 0.177. The van der Waals surface area contributed by atoms with E-state index in [4.69, 9.17) is 5.11 Å². The van der Waals surface area contributed by atoms with Crippen LogP contribution in [0.25, 0.3) is 0 Å². The Morgan fingerprint density at radius 1 is 1.27 bits per heavy atom. The number of rotatable bonds is 3. The zero-order valence-corrected chi connectivity index (χ0v) is 6.20. The second-order valence-corrected chi connectivity index (χ2v) is 2.47. The maximum Gasteiger partial charge on any atom is 0.127 e. The third kappa shape index (κ3) is 2.68. The molecule has 0 bridgehead atoms. The van der Waals surface area contributed by atoms with Gasteiger partial charge in [-0.15, -0.1) is 0 Å². The van der Waals surface area contributed by atoms with E-state index in [1.165, 1.54) is 0 Å². The van der Waals surface area contributed by atoms with Gasteiger partial charge in [-0.25, -0.2) is 4.39 Å². The third-order valence-corrected chi connectivity index (χ3v) is 1.50. The van der Waals surface area contributed by atoms with E-state index in [0.717, 1.165) is 5.56 Å². The molecule has 0 saturated heterocycles. The molecule has 0 saturated carbocycles. The van der Waals surface area contributed by atoms with Gasteiger partial charge < -0.3 is 5.11 Å². The summed E-state index contributed by atoms with van der Waals surface area (Å²) in [7, 11) is 0. The van der Waals surface area contributed by atoms with Crippen molar-refractivity contribution in [1.29, 1.82) is 0 Å². The molecule has 0 amide bonds. The van der Waals surface area contributed by atoms with Crippen LogP contribution in [0.3, 0.4) is 0 Å². The van der Waals surface area contributed by atoms with Crippen molar-refractivity contribution in [3.05, 3.63) is 35.9 Å². The topological polar surface area (TPSA) is 20.2 Å². The van der Waals surface area contributed by atoms with Crippen molar-refractivity contribution in [2.45, 2.75) is 12.6 Å². The normalized spacial score (nSPS) is 12.9. The molecule has 1 rings (SSSR count). The first-order valence-corrected chi connectivity index (χ1v) is 3.62. The predicted molar refractivity (Wildman–Crippen MR) is 42.1 cm³/mol. The van der Waals surface area contributed by atoms with E-state index in [1.54, 1.807) is 0 Å². The fourth-order valence-corrected chi connectivity index (χ4v) is 0.934. The monoisotopic (exact) mass is 154 g/mol. The van der Waals surface area contributed by atoms with E-state index < -0.39 is 12.8 Å². The molecule has 1 aromatic carbocycles. The summed E-state index contributed by atoms with van der Waals surface area (Å²) in [6.07, 6.45) is -0.824. The molecule has 1 nitrogen and oxygen atoms in total. The van der Waals surface area contributed by atoms with Crippen molar-refractivity contribution in [2.24, 2.45) is 0 Å². The molecule has 1 atom stereocenters. The Labute approximate surface area is 65.5 Å². The summed E-state index contributed by atoms with van der Waals surface area (Å²) < 4.78 is 12.6. The number of halogens is 1. The van der Waals surface area contributed by atoms with Crippen LogP contribution in [0, 0.1) is 0 Å². The van der Waals surface area contributed by atoms with Crippen molar-refractivity contribution < 1.29 is 9.50 Å². The minimum Gasteiger partial charge on any atom is -0.393 e. The molecular formula is C9H11FO.